The number of nitrogens with zero attached hydrogens (tertiary/aromatic N) is 1. The highest BCUT2D eigenvalue weighted by Crippen LogP contribution is 2.19. The van der Waals surface area contributed by atoms with Crippen molar-refractivity contribution in [1.82, 2.24) is 0 Å². The quantitative estimate of drug-likeness (QED) is 0.793. The monoisotopic (exact) mass is 277 g/mol. The summed E-state index contributed by atoms with van der Waals surface area (Å²) in [5.41, 5.74) is 1.10. The van der Waals surface area contributed by atoms with E-state index in [1.165, 1.54) is 12.8 Å². The minimum Gasteiger partial charge on any atom is -0.481 e. The molecular weight excluding hydrogens is 254 g/mol. The number of carboxylic acid groups (broad SMARTS) is 1. The van der Waals surface area contributed by atoms with Crippen molar-refractivity contribution in [2.24, 2.45) is 0 Å². The second-order valence-electron chi connectivity index (χ2n) is 5.24. The van der Waals surface area contributed by atoms with Gasteiger partial charge in [-0.25, -0.2) is 0 Å². The van der Waals surface area contributed by atoms with Crippen molar-refractivity contribution in [3.8, 4) is 0 Å². The standard InChI is InChI=1S/C16H23NO3/c18-16(19)10-12-17(14-6-2-1-3-7-14)11-4-8-15-9-5-13-20-15/h1-3,6-7,15H,4-5,8-13H2,(H,18,19). The predicted octanol–water partition coefficient (Wildman–Crippen LogP) is 2.93. The number of hydrogen-bond donors (Lipinski definition) is 1. The topological polar surface area (TPSA) is 49.8 Å². The average molecular weight is 277 g/mol. The fourth-order valence-corrected chi connectivity index (χ4v) is 2.62. The van der Waals surface area contributed by atoms with E-state index in [9.17, 15) is 4.79 Å². The van der Waals surface area contributed by atoms with Gasteiger partial charge in [-0.05, 0) is 37.8 Å². The normalized spacial score (nSPS) is 18.1. The van der Waals surface area contributed by atoms with Gasteiger partial charge in [-0.2, -0.15) is 0 Å². The van der Waals surface area contributed by atoms with Crippen molar-refractivity contribution in [3.05, 3.63) is 30.3 Å². The lowest BCUT2D eigenvalue weighted by Gasteiger charge is -2.24. The van der Waals surface area contributed by atoms with Gasteiger partial charge < -0.3 is 14.7 Å². The molecule has 1 aliphatic rings. The molecule has 1 heterocycles. The molecule has 0 spiro atoms. The van der Waals surface area contributed by atoms with Gasteiger partial charge in [0.05, 0.1) is 12.5 Å². The highest BCUT2D eigenvalue weighted by molar-refractivity contribution is 5.67. The van der Waals surface area contributed by atoms with Crippen LogP contribution in [-0.4, -0.2) is 36.9 Å². The van der Waals surface area contributed by atoms with Crippen molar-refractivity contribution in [3.63, 3.8) is 0 Å². The molecule has 0 radical (unpaired) electrons. The van der Waals surface area contributed by atoms with E-state index in [0.29, 0.717) is 12.6 Å². The Labute approximate surface area is 120 Å². The third-order valence-electron chi connectivity index (χ3n) is 3.70. The minimum absolute atomic E-state index is 0.175. The highest BCUT2D eigenvalue weighted by atomic mass is 16.5. The number of rotatable bonds is 8. The highest BCUT2D eigenvalue weighted by Gasteiger charge is 2.16. The van der Waals surface area contributed by atoms with E-state index >= 15 is 0 Å². The second kappa shape index (κ2) is 7.90. The van der Waals surface area contributed by atoms with Gasteiger partial charge in [-0.1, -0.05) is 18.2 Å². The van der Waals surface area contributed by atoms with Crippen LogP contribution in [0.25, 0.3) is 0 Å². The molecule has 1 aromatic rings. The number of anilines is 1. The van der Waals surface area contributed by atoms with Crippen LogP contribution in [0.15, 0.2) is 30.3 Å². The van der Waals surface area contributed by atoms with Crippen LogP contribution in [0.2, 0.25) is 0 Å². The van der Waals surface area contributed by atoms with E-state index in [1.54, 1.807) is 0 Å². The van der Waals surface area contributed by atoms with Crippen LogP contribution in [0, 0.1) is 0 Å². The van der Waals surface area contributed by atoms with Gasteiger partial charge in [0.15, 0.2) is 0 Å². The molecule has 20 heavy (non-hydrogen) atoms. The Balaban J connectivity index is 1.83. The molecule has 0 aromatic heterocycles. The van der Waals surface area contributed by atoms with Crippen molar-refractivity contribution >= 4 is 11.7 Å². The van der Waals surface area contributed by atoms with Gasteiger partial charge in [0, 0.05) is 25.4 Å². The average Bonchev–Trinajstić information content (AvgIpc) is 2.96. The maximum Gasteiger partial charge on any atom is 0.305 e. The molecule has 1 unspecified atom stereocenters. The molecule has 1 fully saturated rings. The first-order valence-electron chi connectivity index (χ1n) is 7.39. The Morgan fingerprint density at radius 2 is 2.10 bits per heavy atom. The summed E-state index contributed by atoms with van der Waals surface area (Å²) in [6.07, 6.45) is 5.03. The van der Waals surface area contributed by atoms with Crippen LogP contribution in [0.5, 0.6) is 0 Å². The van der Waals surface area contributed by atoms with Gasteiger partial charge >= 0.3 is 5.97 Å². The maximum absolute atomic E-state index is 10.8. The predicted molar refractivity (Wildman–Crippen MR) is 79.1 cm³/mol. The molecule has 4 heteroatoms. The Morgan fingerprint density at radius 1 is 1.30 bits per heavy atom. The molecule has 1 aliphatic heterocycles. The number of carbonyl (C=O) groups is 1. The van der Waals surface area contributed by atoms with Crippen molar-refractivity contribution < 1.29 is 14.6 Å². The van der Waals surface area contributed by atoms with Gasteiger partial charge in [-0.15, -0.1) is 0 Å². The molecule has 2 rings (SSSR count). The number of hydrogen-bond acceptors (Lipinski definition) is 3. The molecule has 0 bridgehead atoms. The van der Waals surface area contributed by atoms with E-state index in [0.717, 1.165) is 31.7 Å². The summed E-state index contributed by atoms with van der Waals surface area (Å²) in [5.74, 6) is -0.745. The summed E-state index contributed by atoms with van der Waals surface area (Å²) >= 11 is 0. The zero-order valence-electron chi connectivity index (χ0n) is 11.8. The number of ether oxygens (including phenoxy) is 1. The Morgan fingerprint density at radius 3 is 2.75 bits per heavy atom. The molecule has 1 saturated heterocycles. The molecule has 0 saturated carbocycles. The van der Waals surface area contributed by atoms with Crippen LogP contribution >= 0.6 is 0 Å². The lowest BCUT2D eigenvalue weighted by atomic mass is 10.1. The van der Waals surface area contributed by atoms with E-state index in [1.807, 2.05) is 30.3 Å². The van der Waals surface area contributed by atoms with E-state index in [4.69, 9.17) is 9.84 Å². The lowest BCUT2D eigenvalue weighted by molar-refractivity contribution is -0.136. The summed E-state index contributed by atoms with van der Waals surface area (Å²) in [6.45, 7) is 2.34. The third kappa shape index (κ3) is 4.85. The van der Waals surface area contributed by atoms with Crippen molar-refractivity contribution in [1.29, 1.82) is 0 Å². The maximum atomic E-state index is 10.8. The number of aliphatic carboxylic acids is 1. The minimum atomic E-state index is -0.745. The van der Waals surface area contributed by atoms with Crippen molar-refractivity contribution in [2.45, 2.75) is 38.2 Å². The number of carboxylic acids is 1. The Bertz CT molecular complexity index is 401. The molecular formula is C16H23NO3. The van der Waals surface area contributed by atoms with Crippen molar-refractivity contribution in [2.75, 3.05) is 24.6 Å². The van der Waals surface area contributed by atoms with Gasteiger partial charge in [-0.3, -0.25) is 4.79 Å². The van der Waals surface area contributed by atoms with Crippen LogP contribution in [0.4, 0.5) is 5.69 Å². The van der Waals surface area contributed by atoms with Crippen LogP contribution in [0.1, 0.15) is 32.1 Å². The fourth-order valence-electron chi connectivity index (χ4n) is 2.62. The molecule has 4 nitrogen and oxygen atoms in total. The van der Waals surface area contributed by atoms with Gasteiger partial charge in [0.25, 0.3) is 0 Å². The molecule has 1 aromatic carbocycles. The molecule has 1 atom stereocenters. The van der Waals surface area contributed by atoms with Gasteiger partial charge in [0.2, 0.25) is 0 Å². The molecule has 1 N–H and O–H groups in total. The Kier molecular flexibility index (Phi) is 5.87. The third-order valence-corrected chi connectivity index (χ3v) is 3.70. The summed E-state index contributed by atoms with van der Waals surface area (Å²) in [6, 6.07) is 10.0. The first kappa shape index (κ1) is 14.9. The Hall–Kier alpha value is -1.55. The summed E-state index contributed by atoms with van der Waals surface area (Å²) < 4.78 is 5.63. The van der Waals surface area contributed by atoms with Crippen LogP contribution in [0.3, 0.4) is 0 Å². The first-order valence-corrected chi connectivity index (χ1v) is 7.39. The zero-order chi connectivity index (χ0) is 14.2. The smallest absolute Gasteiger partial charge is 0.305 e. The van der Waals surface area contributed by atoms with Crippen LogP contribution < -0.4 is 4.90 Å². The molecule has 0 aliphatic carbocycles. The summed E-state index contributed by atoms with van der Waals surface area (Å²) in [4.78, 5) is 12.9. The number of para-hydroxylation sites is 1. The zero-order valence-corrected chi connectivity index (χ0v) is 11.8. The van der Waals surface area contributed by atoms with E-state index in [-0.39, 0.29) is 6.42 Å². The second-order valence-corrected chi connectivity index (χ2v) is 5.24. The van der Waals surface area contributed by atoms with E-state index < -0.39 is 5.97 Å². The van der Waals surface area contributed by atoms with E-state index in [2.05, 4.69) is 4.90 Å². The lowest BCUT2D eigenvalue weighted by Crippen LogP contribution is -2.27. The van der Waals surface area contributed by atoms with Gasteiger partial charge in [0.1, 0.15) is 0 Å². The summed E-state index contributed by atoms with van der Waals surface area (Å²) in [5, 5.41) is 8.86. The molecule has 0 amide bonds. The van der Waals surface area contributed by atoms with Crippen LogP contribution in [-0.2, 0) is 9.53 Å². The molecule has 110 valence electrons. The first-order chi connectivity index (χ1) is 9.75. The SMILES string of the molecule is O=C(O)CCN(CCCC1CCCO1)c1ccccc1. The summed E-state index contributed by atoms with van der Waals surface area (Å²) in [7, 11) is 0. The largest absolute Gasteiger partial charge is 0.481 e. The fraction of sp³-hybridized carbons (Fsp3) is 0.562. The number of benzene rings is 1.